The van der Waals surface area contributed by atoms with Crippen molar-refractivity contribution in [3.63, 3.8) is 0 Å². The van der Waals surface area contributed by atoms with E-state index in [1.807, 2.05) is 0 Å². The molecular formula is C3H8O3S2. The molecule has 3 nitrogen and oxygen atoms in total. The molecule has 0 saturated carbocycles. The Kier molecular flexibility index (Phi) is 13.7. The summed E-state index contributed by atoms with van der Waals surface area (Å²) in [6, 6.07) is 0. The van der Waals surface area contributed by atoms with Gasteiger partial charge in [-0.15, -0.1) is 0 Å². The molecule has 0 aromatic rings. The third-order valence-corrected chi connectivity index (χ3v) is 1.50. The molecule has 0 saturated heterocycles. The van der Waals surface area contributed by atoms with Gasteiger partial charge in [-0.1, -0.05) is 21.6 Å². The number of rotatable bonds is 1. The van der Waals surface area contributed by atoms with Gasteiger partial charge in [0.1, 0.15) is 0 Å². The Hall–Kier alpha value is -0.0300. The van der Waals surface area contributed by atoms with Crippen molar-refractivity contribution in [1.82, 2.24) is 0 Å². The lowest BCUT2D eigenvalue weighted by Gasteiger charge is -1.69. The smallest absolute Gasteiger partial charge is 0.450 e. The maximum absolute atomic E-state index is 8.56. The molecule has 0 radical (unpaired) electrons. The van der Waals surface area contributed by atoms with Crippen molar-refractivity contribution < 1.29 is 15.0 Å². The van der Waals surface area contributed by atoms with Gasteiger partial charge in [0.25, 0.3) is 0 Å². The number of carbonyl (C=O) groups is 1. The molecule has 2 N–H and O–H groups in total. The molecular weight excluding hydrogens is 148 g/mol. The van der Waals surface area contributed by atoms with Crippen molar-refractivity contribution >= 4 is 27.7 Å². The molecule has 5 heteroatoms. The van der Waals surface area contributed by atoms with Crippen LogP contribution in [0, 0.1) is 0 Å². The SMILES string of the molecule is CSSC.O=C(O)O. The van der Waals surface area contributed by atoms with Crippen LogP contribution in [-0.2, 0) is 0 Å². The average Bonchev–Trinajstić information content (AvgIpc) is 1.65. The fourth-order valence-electron chi connectivity index (χ4n) is 0. The quantitative estimate of drug-likeness (QED) is 0.567. The van der Waals surface area contributed by atoms with Crippen LogP contribution in [0.15, 0.2) is 0 Å². The molecule has 0 aliphatic heterocycles. The van der Waals surface area contributed by atoms with Gasteiger partial charge in [0.2, 0.25) is 0 Å². The summed E-state index contributed by atoms with van der Waals surface area (Å²) in [5.41, 5.74) is 0. The van der Waals surface area contributed by atoms with Crippen molar-refractivity contribution in [1.29, 1.82) is 0 Å². The standard InChI is InChI=1S/C2H6S2.CH2O3/c1-3-4-2;2-1(3)4/h1-2H3;(H2,2,3,4). The van der Waals surface area contributed by atoms with Crippen molar-refractivity contribution in [3.05, 3.63) is 0 Å². The largest absolute Gasteiger partial charge is 0.503 e. The molecule has 0 heterocycles. The summed E-state index contributed by atoms with van der Waals surface area (Å²) in [6.07, 6.45) is 2.29. The zero-order valence-electron chi connectivity index (χ0n) is 4.62. The van der Waals surface area contributed by atoms with E-state index in [0.29, 0.717) is 0 Å². The molecule has 0 fully saturated rings. The van der Waals surface area contributed by atoms with Gasteiger partial charge < -0.3 is 10.2 Å². The highest BCUT2D eigenvalue weighted by molar-refractivity contribution is 8.76. The first kappa shape index (κ1) is 10.9. The third-order valence-electron chi connectivity index (χ3n) is 0.167. The number of carboxylic acid groups (broad SMARTS) is 2. The van der Waals surface area contributed by atoms with E-state index in [9.17, 15) is 0 Å². The van der Waals surface area contributed by atoms with Gasteiger partial charge in [0, 0.05) is 0 Å². The summed E-state index contributed by atoms with van der Waals surface area (Å²) in [6.45, 7) is 0. The van der Waals surface area contributed by atoms with Gasteiger partial charge in [-0.25, -0.2) is 4.79 Å². The van der Waals surface area contributed by atoms with E-state index in [1.54, 1.807) is 21.6 Å². The Morgan fingerprint density at radius 1 is 1.25 bits per heavy atom. The molecule has 0 atom stereocenters. The summed E-state index contributed by atoms with van der Waals surface area (Å²) in [5, 5.41) is 13.9. The van der Waals surface area contributed by atoms with Crippen LogP contribution in [0.3, 0.4) is 0 Å². The van der Waals surface area contributed by atoms with Crippen LogP contribution < -0.4 is 0 Å². The van der Waals surface area contributed by atoms with Gasteiger partial charge in [-0.2, -0.15) is 0 Å². The zero-order chi connectivity index (χ0) is 6.99. The fraction of sp³-hybridized carbons (Fsp3) is 0.667. The van der Waals surface area contributed by atoms with Crippen LogP contribution in [0.4, 0.5) is 4.79 Å². The molecule has 0 bridgehead atoms. The zero-order valence-corrected chi connectivity index (χ0v) is 6.25. The van der Waals surface area contributed by atoms with Crippen molar-refractivity contribution in [2.45, 2.75) is 0 Å². The lowest BCUT2D eigenvalue weighted by Crippen LogP contribution is -1.81. The van der Waals surface area contributed by atoms with Crippen LogP contribution in [0.5, 0.6) is 0 Å². The Bertz CT molecular complexity index is 50.5. The van der Waals surface area contributed by atoms with E-state index in [1.165, 1.54) is 0 Å². The lowest BCUT2D eigenvalue weighted by molar-refractivity contribution is 0.137. The van der Waals surface area contributed by atoms with Gasteiger partial charge in [-0.05, 0) is 12.5 Å². The molecule has 8 heavy (non-hydrogen) atoms. The van der Waals surface area contributed by atoms with E-state index in [4.69, 9.17) is 15.0 Å². The van der Waals surface area contributed by atoms with Crippen LogP contribution in [0.1, 0.15) is 0 Å². The molecule has 0 aliphatic carbocycles. The summed E-state index contributed by atoms with van der Waals surface area (Å²) in [5.74, 6) is 0. The first-order valence-electron chi connectivity index (χ1n) is 1.63. The maximum atomic E-state index is 8.56. The molecule has 0 aliphatic rings. The van der Waals surface area contributed by atoms with Crippen molar-refractivity contribution in [2.75, 3.05) is 12.5 Å². The first-order chi connectivity index (χ1) is 3.65. The van der Waals surface area contributed by atoms with E-state index in [2.05, 4.69) is 12.5 Å². The second-order valence-corrected chi connectivity index (χ2v) is 3.28. The molecule has 0 spiro atoms. The predicted octanol–water partition coefficient (Wildman–Crippen LogP) is 1.85. The summed E-state index contributed by atoms with van der Waals surface area (Å²) in [7, 11) is 3.55. The normalized spacial score (nSPS) is 6.75. The summed E-state index contributed by atoms with van der Waals surface area (Å²) >= 11 is 0. The van der Waals surface area contributed by atoms with E-state index in [0.717, 1.165) is 0 Å². The summed E-state index contributed by atoms with van der Waals surface area (Å²) < 4.78 is 0. The monoisotopic (exact) mass is 156 g/mol. The van der Waals surface area contributed by atoms with Gasteiger partial charge >= 0.3 is 6.16 Å². The Labute approximate surface area is 55.9 Å². The van der Waals surface area contributed by atoms with E-state index < -0.39 is 6.16 Å². The lowest BCUT2D eigenvalue weighted by atomic mass is 11.5. The third kappa shape index (κ3) is 157. The topological polar surface area (TPSA) is 57.5 Å². The Morgan fingerprint density at radius 2 is 1.38 bits per heavy atom. The van der Waals surface area contributed by atoms with Gasteiger partial charge in [0.05, 0.1) is 0 Å². The van der Waals surface area contributed by atoms with Gasteiger partial charge in [-0.3, -0.25) is 0 Å². The highest BCUT2D eigenvalue weighted by Crippen LogP contribution is 2.09. The highest BCUT2D eigenvalue weighted by Gasteiger charge is 1.70. The Morgan fingerprint density at radius 3 is 1.38 bits per heavy atom. The first-order valence-corrected chi connectivity index (χ1v) is 4.60. The minimum atomic E-state index is -1.83. The molecule has 0 aromatic heterocycles. The highest BCUT2D eigenvalue weighted by atomic mass is 33.1. The average molecular weight is 156 g/mol. The molecule has 0 amide bonds. The van der Waals surface area contributed by atoms with Crippen LogP contribution in [-0.4, -0.2) is 28.9 Å². The van der Waals surface area contributed by atoms with Crippen LogP contribution in [0.2, 0.25) is 0 Å². The molecule has 0 rings (SSSR count). The number of hydrogen-bond donors (Lipinski definition) is 2. The molecule has 0 aromatic carbocycles. The van der Waals surface area contributed by atoms with Crippen molar-refractivity contribution in [2.24, 2.45) is 0 Å². The molecule has 0 unspecified atom stereocenters. The van der Waals surface area contributed by atoms with Crippen LogP contribution in [0.25, 0.3) is 0 Å². The second kappa shape index (κ2) is 10.1. The molecule has 50 valence electrons. The maximum Gasteiger partial charge on any atom is 0.503 e. The Balaban J connectivity index is 0. The minimum absolute atomic E-state index is 1.77. The minimum Gasteiger partial charge on any atom is -0.450 e. The van der Waals surface area contributed by atoms with Gasteiger partial charge in [0.15, 0.2) is 0 Å². The predicted molar refractivity (Wildman–Crippen MR) is 37.7 cm³/mol. The number of hydrogen-bond acceptors (Lipinski definition) is 3. The van der Waals surface area contributed by atoms with E-state index in [-0.39, 0.29) is 0 Å². The second-order valence-electron chi connectivity index (χ2n) is 0.616. The van der Waals surface area contributed by atoms with E-state index >= 15 is 0 Å². The summed E-state index contributed by atoms with van der Waals surface area (Å²) in [4.78, 5) is 8.56. The van der Waals surface area contributed by atoms with Crippen molar-refractivity contribution in [3.8, 4) is 0 Å². The van der Waals surface area contributed by atoms with Crippen LogP contribution >= 0.6 is 21.6 Å². The fourth-order valence-corrected chi connectivity index (χ4v) is 0.